The van der Waals surface area contributed by atoms with E-state index in [9.17, 15) is 9.90 Å². The summed E-state index contributed by atoms with van der Waals surface area (Å²) in [4.78, 5) is 19.9. The van der Waals surface area contributed by atoms with Gasteiger partial charge < -0.3 is 9.67 Å². The van der Waals surface area contributed by atoms with E-state index in [0.717, 1.165) is 22.2 Å². The second-order valence-corrected chi connectivity index (χ2v) is 5.02. The number of hydrogen-bond acceptors (Lipinski definition) is 3. The van der Waals surface area contributed by atoms with Crippen molar-refractivity contribution in [1.82, 2.24) is 14.5 Å². The number of benzene rings is 1. The summed E-state index contributed by atoms with van der Waals surface area (Å²) in [5.41, 5.74) is 3.08. The van der Waals surface area contributed by atoms with E-state index in [1.165, 1.54) is 6.20 Å². The van der Waals surface area contributed by atoms with E-state index in [2.05, 4.69) is 9.97 Å². The average Bonchev–Trinajstić information content (AvgIpc) is 2.80. The van der Waals surface area contributed by atoms with Gasteiger partial charge in [0.15, 0.2) is 0 Å². The molecule has 21 heavy (non-hydrogen) atoms. The first-order valence-electron chi connectivity index (χ1n) is 6.67. The first-order chi connectivity index (χ1) is 10.1. The van der Waals surface area contributed by atoms with Gasteiger partial charge in [-0.05, 0) is 31.5 Å². The van der Waals surface area contributed by atoms with Gasteiger partial charge in [-0.25, -0.2) is 9.78 Å². The van der Waals surface area contributed by atoms with Gasteiger partial charge >= 0.3 is 5.97 Å². The van der Waals surface area contributed by atoms with E-state index >= 15 is 0 Å². The summed E-state index contributed by atoms with van der Waals surface area (Å²) < 4.78 is 1.71. The maximum atomic E-state index is 11.3. The van der Waals surface area contributed by atoms with Gasteiger partial charge in [0.2, 0.25) is 0 Å². The largest absolute Gasteiger partial charge is 0.477 e. The Kier molecular flexibility index (Phi) is 3.17. The molecule has 1 N–H and O–H groups in total. The number of aromatic carboxylic acids is 1. The number of aryl methyl sites for hydroxylation is 2. The Hall–Kier alpha value is -2.69. The highest BCUT2D eigenvalue weighted by atomic mass is 16.4. The fourth-order valence-corrected chi connectivity index (χ4v) is 2.53. The molecule has 0 amide bonds. The van der Waals surface area contributed by atoms with Gasteiger partial charge in [-0.15, -0.1) is 0 Å². The molecule has 0 atom stereocenters. The monoisotopic (exact) mass is 281 g/mol. The average molecular weight is 281 g/mol. The Morgan fingerprint density at radius 1 is 1.29 bits per heavy atom. The number of nitrogens with zero attached hydrogens (tertiary/aromatic N) is 3. The SMILES string of the molecule is Cc1cc(Cn2c(C(=O)O)cnc2C)c2ccccc2n1. The number of hydrogen-bond donors (Lipinski definition) is 1. The summed E-state index contributed by atoms with van der Waals surface area (Å²) in [5.74, 6) is -0.281. The van der Waals surface area contributed by atoms with Gasteiger partial charge in [-0.3, -0.25) is 4.98 Å². The smallest absolute Gasteiger partial charge is 0.354 e. The van der Waals surface area contributed by atoms with E-state index in [1.807, 2.05) is 44.2 Å². The molecule has 2 heterocycles. The lowest BCUT2D eigenvalue weighted by Crippen LogP contribution is -2.11. The predicted octanol–water partition coefficient (Wildman–Crippen LogP) is 2.79. The van der Waals surface area contributed by atoms with Crippen LogP contribution in [0.25, 0.3) is 10.9 Å². The van der Waals surface area contributed by atoms with Crippen LogP contribution in [0.15, 0.2) is 36.5 Å². The minimum Gasteiger partial charge on any atom is -0.477 e. The van der Waals surface area contributed by atoms with Gasteiger partial charge in [0.05, 0.1) is 18.3 Å². The van der Waals surface area contributed by atoms with Crippen molar-refractivity contribution in [3.63, 3.8) is 0 Å². The lowest BCUT2D eigenvalue weighted by atomic mass is 10.1. The number of carbonyl (C=O) groups is 1. The van der Waals surface area contributed by atoms with E-state index in [-0.39, 0.29) is 5.69 Å². The van der Waals surface area contributed by atoms with Gasteiger partial charge in [-0.1, -0.05) is 18.2 Å². The molecular formula is C16H15N3O2. The lowest BCUT2D eigenvalue weighted by molar-refractivity contribution is 0.0685. The molecule has 2 aromatic heterocycles. The molecule has 0 radical (unpaired) electrons. The molecule has 0 aliphatic carbocycles. The lowest BCUT2D eigenvalue weighted by Gasteiger charge is -2.11. The molecule has 106 valence electrons. The number of carboxylic acid groups (broad SMARTS) is 1. The van der Waals surface area contributed by atoms with Crippen molar-refractivity contribution in [2.45, 2.75) is 20.4 Å². The molecule has 0 aliphatic rings. The third-order valence-electron chi connectivity index (χ3n) is 3.53. The molecule has 0 aliphatic heterocycles. The van der Waals surface area contributed by atoms with Crippen LogP contribution in [-0.2, 0) is 6.54 Å². The van der Waals surface area contributed by atoms with Gasteiger partial charge in [-0.2, -0.15) is 0 Å². The number of aromatic nitrogens is 3. The van der Waals surface area contributed by atoms with Gasteiger partial charge in [0, 0.05) is 11.1 Å². The number of fused-ring (bicyclic) bond motifs is 1. The quantitative estimate of drug-likeness (QED) is 0.801. The van der Waals surface area contributed by atoms with Gasteiger partial charge in [0.1, 0.15) is 11.5 Å². The number of imidazole rings is 1. The van der Waals surface area contributed by atoms with Crippen LogP contribution in [0.1, 0.15) is 27.6 Å². The molecular weight excluding hydrogens is 266 g/mol. The molecule has 0 saturated heterocycles. The highest BCUT2D eigenvalue weighted by molar-refractivity contribution is 5.86. The molecule has 0 saturated carbocycles. The number of carboxylic acids is 1. The Balaban J connectivity index is 2.14. The van der Waals surface area contributed by atoms with Crippen LogP contribution < -0.4 is 0 Å². The zero-order valence-corrected chi connectivity index (χ0v) is 11.9. The summed E-state index contributed by atoms with van der Waals surface area (Å²) in [6.07, 6.45) is 1.40. The Labute approximate surface area is 121 Å². The highest BCUT2D eigenvalue weighted by Crippen LogP contribution is 2.20. The second kappa shape index (κ2) is 5.01. The Morgan fingerprint density at radius 2 is 2.05 bits per heavy atom. The second-order valence-electron chi connectivity index (χ2n) is 5.02. The maximum Gasteiger partial charge on any atom is 0.354 e. The summed E-state index contributed by atoms with van der Waals surface area (Å²) in [5, 5.41) is 10.3. The first kappa shape index (κ1) is 13.3. The molecule has 3 aromatic rings. The zero-order chi connectivity index (χ0) is 15.0. The summed E-state index contributed by atoms with van der Waals surface area (Å²) in [6, 6.07) is 9.87. The summed E-state index contributed by atoms with van der Waals surface area (Å²) >= 11 is 0. The third kappa shape index (κ3) is 2.38. The van der Waals surface area contributed by atoms with Crippen molar-refractivity contribution >= 4 is 16.9 Å². The Morgan fingerprint density at radius 3 is 2.81 bits per heavy atom. The fourth-order valence-electron chi connectivity index (χ4n) is 2.53. The number of para-hydroxylation sites is 1. The van der Waals surface area contributed by atoms with Crippen molar-refractivity contribution in [3.8, 4) is 0 Å². The maximum absolute atomic E-state index is 11.3. The molecule has 0 unspecified atom stereocenters. The molecule has 5 nitrogen and oxygen atoms in total. The minimum atomic E-state index is -0.967. The van der Waals surface area contributed by atoms with E-state index in [4.69, 9.17) is 0 Å². The third-order valence-corrected chi connectivity index (χ3v) is 3.53. The predicted molar refractivity (Wildman–Crippen MR) is 79.5 cm³/mol. The van der Waals surface area contributed by atoms with Crippen molar-refractivity contribution in [2.24, 2.45) is 0 Å². The van der Waals surface area contributed by atoms with Crippen molar-refractivity contribution in [2.75, 3.05) is 0 Å². The van der Waals surface area contributed by atoms with Crippen LogP contribution in [0.4, 0.5) is 0 Å². The normalized spacial score (nSPS) is 11.0. The topological polar surface area (TPSA) is 68.0 Å². The minimum absolute atomic E-state index is 0.200. The number of rotatable bonds is 3. The first-order valence-corrected chi connectivity index (χ1v) is 6.67. The molecule has 0 fully saturated rings. The van der Waals surface area contributed by atoms with Crippen LogP contribution in [0.2, 0.25) is 0 Å². The van der Waals surface area contributed by atoms with E-state index in [1.54, 1.807) is 4.57 Å². The summed E-state index contributed by atoms with van der Waals surface area (Å²) in [7, 11) is 0. The van der Waals surface area contributed by atoms with E-state index in [0.29, 0.717) is 12.4 Å². The Bertz CT molecular complexity index is 837. The molecule has 3 rings (SSSR count). The molecule has 0 bridgehead atoms. The van der Waals surface area contributed by atoms with Crippen LogP contribution in [0.5, 0.6) is 0 Å². The zero-order valence-electron chi connectivity index (χ0n) is 11.9. The highest BCUT2D eigenvalue weighted by Gasteiger charge is 2.14. The van der Waals surface area contributed by atoms with Crippen LogP contribution >= 0.6 is 0 Å². The van der Waals surface area contributed by atoms with Crippen LogP contribution in [0.3, 0.4) is 0 Å². The standard InChI is InChI=1S/C16H15N3O2/c1-10-7-12(13-5-3-4-6-14(13)18-10)9-19-11(2)17-8-15(19)16(20)21/h3-8H,9H2,1-2H3,(H,20,21). The number of pyridine rings is 1. The van der Waals surface area contributed by atoms with E-state index < -0.39 is 5.97 Å². The fraction of sp³-hybridized carbons (Fsp3) is 0.188. The van der Waals surface area contributed by atoms with Crippen LogP contribution in [0, 0.1) is 13.8 Å². The molecule has 1 aromatic carbocycles. The summed E-state index contributed by atoms with van der Waals surface area (Å²) in [6.45, 7) is 4.22. The molecule has 5 heteroatoms. The van der Waals surface area contributed by atoms with Gasteiger partial charge in [0.25, 0.3) is 0 Å². The van der Waals surface area contributed by atoms with Crippen molar-refractivity contribution in [1.29, 1.82) is 0 Å². The van der Waals surface area contributed by atoms with Crippen molar-refractivity contribution in [3.05, 3.63) is 59.3 Å². The molecule has 0 spiro atoms. The van der Waals surface area contributed by atoms with Crippen LogP contribution in [-0.4, -0.2) is 25.6 Å². The van der Waals surface area contributed by atoms with Crippen molar-refractivity contribution < 1.29 is 9.90 Å².